The number of carbonyl (C=O) groups is 1. The van der Waals surface area contributed by atoms with Crippen LogP contribution < -0.4 is 5.56 Å². The van der Waals surface area contributed by atoms with Gasteiger partial charge in [-0.15, -0.1) is 0 Å². The number of rotatable bonds is 2. The molecule has 0 saturated heterocycles. The summed E-state index contributed by atoms with van der Waals surface area (Å²) < 4.78 is 5.60. The molecule has 0 atom stereocenters. The number of hydrogen-bond donors (Lipinski definition) is 2. The molecular weight excluding hydrogens is 336 g/mol. The summed E-state index contributed by atoms with van der Waals surface area (Å²) in [5.74, 6) is -1.19. The number of benzene rings is 1. The van der Waals surface area contributed by atoms with Crippen molar-refractivity contribution in [1.82, 2.24) is 14.6 Å². The van der Waals surface area contributed by atoms with Gasteiger partial charge in [-0.2, -0.15) is 9.61 Å². The van der Waals surface area contributed by atoms with Crippen LogP contribution in [0.1, 0.15) is 10.4 Å². The maximum absolute atomic E-state index is 12.4. The third-order valence-electron chi connectivity index (χ3n) is 3.41. The van der Waals surface area contributed by atoms with Crippen LogP contribution in [0.5, 0.6) is 5.88 Å². The van der Waals surface area contributed by atoms with E-state index in [1.54, 1.807) is 0 Å². The third-order valence-corrected chi connectivity index (χ3v) is 3.72. The topological polar surface area (TPSA) is 101 Å². The zero-order valence-electron chi connectivity index (χ0n) is 12.2. The van der Waals surface area contributed by atoms with Crippen molar-refractivity contribution in [2.24, 2.45) is 0 Å². The van der Waals surface area contributed by atoms with Crippen LogP contribution in [0.15, 0.2) is 29.2 Å². The molecule has 0 bridgehead atoms. The Labute approximate surface area is 139 Å². The quantitative estimate of drug-likeness (QED) is 0.549. The van der Waals surface area contributed by atoms with Gasteiger partial charge in [-0.1, -0.05) is 23.7 Å². The highest BCUT2D eigenvalue weighted by Crippen LogP contribution is 2.34. The fourth-order valence-corrected chi connectivity index (χ4v) is 2.55. The van der Waals surface area contributed by atoms with Crippen molar-refractivity contribution in [3.05, 3.63) is 56.8 Å². The molecule has 9 heteroatoms. The van der Waals surface area contributed by atoms with Crippen molar-refractivity contribution in [3.63, 3.8) is 0 Å². The number of H-pyrrole nitrogens is 1. The van der Waals surface area contributed by atoms with E-state index in [9.17, 15) is 14.7 Å². The molecule has 2 heterocycles. The van der Waals surface area contributed by atoms with Crippen LogP contribution >= 0.6 is 11.6 Å². The Morgan fingerprint density at radius 1 is 1.50 bits per heavy atom. The summed E-state index contributed by atoms with van der Waals surface area (Å²) in [6, 6.07) is 4.31. The molecule has 1 aromatic carbocycles. The summed E-state index contributed by atoms with van der Waals surface area (Å²) in [6.07, 6.45) is 1.17. The number of ether oxygens (including phenoxy) is 1. The van der Waals surface area contributed by atoms with Crippen LogP contribution in [0.4, 0.5) is 5.69 Å². The highest BCUT2D eigenvalue weighted by atomic mass is 35.5. The molecular formula is C15H9ClN4O4. The van der Waals surface area contributed by atoms with E-state index in [0.29, 0.717) is 5.69 Å². The predicted octanol–water partition coefficient (Wildman–Crippen LogP) is 2.39. The maximum Gasteiger partial charge on any atom is 0.343 e. The van der Waals surface area contributed by atoms with Gasteiger partial charge in [0.15, 0.2) is 11.3 Å². The van der Waals surface area contributed by atoms with Gasteiger partial charge in [0, 0.05) is 10.6 Å². The van der Waals surface area contributed by atoms with E-state index in [-0.39, 0.29) is 27.4 Å². The monoisotopic (exact) mass is 344 g/mol. The average molecular weight is 345 g/mol. The summed E-state index contributed by atoms with van der Waals surface area (Å²) in [6.45, 7) is 6.96. The van der Waals surface area contributed by atoms with Gasteiger partial charge in [0.2, 0.25) is 5.88 Å². The molecule has 2 N–H and O–H groups in total. The largest absolute Gasteiger partial charge is 0.493 e. The van der Waals surface area contributed by atoms with Crippen molar-refractivity contribution in [2.45, 2.75) is 0 Å². The first-order chi connectivity index (χ1) is 11.5. The van der Waals surface area contributed by atoms with E-state index >= 15 is 0 Å². The second-order valence-electron chi connectivity index (χ2n) is 4.74. The van der Waals surface area contributed by atoms with Crippen LogP contribution in [-0.4, -0.2) is 32.8 Å². The van der Waals surface area contributed by atoms with Crippen LogP contribution in [-0.2, 0) is 4.74 Å². The van der Waals surface area contributed by atoms with E-state index in [1.165, 1.54) is 31.5 Å². The zero-order valence-corrected chi connectivity index (χ0v) is 13.0. The molecule has 120 valence electrons. The minimum Gasteiger partial charge on any atom is -0.493 e. The zero-order chi connectivity index (χ0) is 17.4. The summed E-state index contributed by atoms with van der Waals surface area (Å²) >= 11 is 6.10. The number of hydrogen-bond acceptors (Lipinski definition) is 5. The number of aromatic nitrogens is 3. The normalized spacial score (nSPS) is 10.5. The fraction of sp³-hybridized carbons (Fsp3) is 0.0667. The molecule has 0 saturated carbocycles. The van der Waals surface area contributed by atoms with Gasteiger partial charge < -0.3 is 14.8 Å². The van der Waals surface area contributed by atoms with Gasteiger partial charge in [-0.25, -0.2) is 9.64 Å². The summed E-state index contributed by atoms with van der Waals surface area (Å²) in [5, 5.41) is 14.4. The van der Waals surface area contributed by atoms with Gasteiger partial charge in [-0.05, 0) is 6.07 Å². The van der Waals surface area contributed by atoms with E-state index in [2.05, 4.69) is 19.7 Å². The Bertz CT molecular complexity index is 1080. The number of aromatic amines is 1. The van der Waals surface area contributed by atoms with Crippen molar-refractivity contribution >= 4 is 28.9 Å². The third kappa shape index (κ3) is 2.28. The molecule has 0 amide bonds. The summed E-state index contributed by atoms with van der Waals surface area (Å²) in [5.41, 5.74) is -0.243. The Morgan fingerprint density at radius 2 is 2.25 bits per heavy atom. The smallest absolute Gasteiger partial charge is 0.343 e. The number of fused-ring (bicyclic) bond motifs is 1. The van der Waals surface area contributed by atoms with Crippen LogP contribution in [0.3, 0.4) is 0 Å². The first kappa shape index (κ1) is 15.6. The molecule has 0 fully saturated rings. The SMILES string of the molecule is [C-]#[N+]c1ccc(-c2c(O)n3ncc(C(=O)OC)c3[nH]c2=O)c(Cl)c1. The summed E-state index contributed by atoms with van der Waals surface area (Å²) in [4.78, 5) is 29.8. The highest BCUT2D eigenvalue weighted by Gasteiger charge is 2.21. The minimum absolute atomic E-state index is 0.00185. The van der Waals surface area contributed by atoms with Gasteiger partial charge in [0.25, 0.3) is 5.56 Å². The van der Waals surface area contributed by atoms with Crippen molar-refractivity contribution < 1.29 is 14.6 Å². The van der Waals surface area contributed by atoms with Gasteiger partial charge >= 0.3 is 5.97 Å². The molecule has 3 rings (SSSR count). The lowest BCUT2D eigenvalue weighted by Crippen LogP contribution is -2.14. The molecule has 0 aliphatic carbocycles. The molecule has 3 aromatic rings. The first-order valence-corrected chi connectivity index (χ1v) is 6.94. The highest BCUT2D eigenvalue weighted by molar-refractivity contribution is 6.33. The molecule has 0 spiro atoms. The van der Waals surface area contributed by atoms with Crippen molar-refractivity contribution in [2.75, 3.05) is 7.11 Å². The number of halogens is 1. The van der Waals surface area contributed by atoms with Crippen LogP contribution in [0, 0.1) is 6.57 Å². The number of nitrogens with zero attached hydrogens (tertiary/aromatic N) is 3. The van der Waals surface area contributed by atoms with Gasteiger partial charge in [-0.3, -0.25) is 4.79 Å². The molecule has 8 nitrogen and oxygen atoms in total. The molecule has 0 radical (unpaired) electrons. The molecule has 0 unspecified atom stereocenters. The number of methoxy groups -OCH3 is 1. The number of aromatic hydroxyl groups is 1. The molecule has 0 aliphatic heterocycles. The Morgan fingerprint density at radius 3 is 2.88 bits per heavy atom. The number of esters is 1. The lowest BCUT2D eigenvalue weighted by molar-refractivity contribution is 0.0602. The van der Waals surface area contributed by atoms with E-state index in [4.69, 9.17) is 18.2 Å². The number of carbonyl (C=O) groups excluding carboxylic acids is 1. The first-order valence-electron chi connectivity index (χ1n) is 6.56. The predicted molar refractivity (Wildman–Crippen MR) is 85.5 cm³/mol. The second kappa shape index (κ2) is 5.72. The average Bonchev–Trinajstić information content (AvgIpc) is 2.99. The summed E-state index contributed by atoms with van der Waals surface area (Å²) in [7, 11) is 1.19. The molecule has 0 aliphatic rings. The van der Waals surface area contributed by atoms with E-state index in [0.717, 1.165) is 4.52 Å². The van der Waals surface area contributed by atoms with Crippen molar-refractivity contribution in [3.8, 4) is 17.0 Å². The maximum atomic E-state index is 12.4. The number of nitrogens with one attached hydrogen (secondary N) is 1. The lowest BCUT2D eigenvalue weighted by atomic mass is 10.1. The minimum atomic E-state index is -0.702. The molecule has 24 heavy (non-hydrogen) atoms. The Balaban J connectivity index is 2.30. The molecule has 2 aromatic heterocycles. The lowest BCUT2D eigenvalue weighted by Gasteiger charge is -2.08. The van der Waals surface area contributed by atoms with Gasteiger partial charge in [0.05, 0.1) is 19.9 Å². The van der Waals surface area contributed by atoms with Crippen LogP contribution in [0.25, 0.3) is 21.6 Å². The Hall–Kier alpha value is -3.31. The fourth-order valence-electron chi connectivity index (χ4n) is 2.29. The Kier molecular flexibility index (Phi) is 3.71. The van der Waals surface area contributed by atoms with E-state index in [1.807, 2.05) is 0 Å². The van der Waals surface area contributed by atoms with E-state index < -0.39 is 17.4 Å². The van der Waals surface area contributed by atoms with Crippen molar-refractivity contribution in [1.29, 1.82) is 0 Å². The standard InChI is InChI=1S/C15H9ClN4O4/c1-17-7-3-4-8(10(16)5-7)11-13(21)19-12-9(15(23)24-2)6-18-20(12)14(11)22/h3-6,22H,2H3,(H,19,21). The second-order valence-corrected chi connectivity index (χ2v) is 5.15. The van der Waals surface area contributed by atoms with Crippen LogP contribution in [0.2, 0.25) is 5.02 Å². The van der Waals surface area contributed by atoms with Gasteiger partial charge in [0.1, 0.15) is 11.1 Å².